The van der Waals surface area contributed by atoms with E-state index in [0.29, 0.717) is 26.1 Å². The van der Waals surface area contributed by atoms with E-state index in [-0.39, 0.29) is 17.7 Å². The minimum Gasteiger partial charge on any atom is -0.342 e. The zero-order chi connectivity index (χ0) is 16.2. The lowest BCUT2D eigenvalue weighted by atomic mass is 10.1. The van der Waals surface area contributed by atoms with Gasteiger partial charge in [-0.15, -0.1) is 0 Å². The third kappa shape index (κ3) is 3.56. The number of hydrogen-bond acceptors (Lipinski definition) is 4. The van der Waals surface area contributed by atoms with Crippen molar-refractivity contribution in [2.24, 2.45) is 5.92 Å². The first kappa shape index (κ1) is 15.2. The second-order valence-electron chi connectivity index (χ2n) is 5.61. The highest BCUT2D eigenvalue weighted by molar-refractivity contribution is 5.97. The lowest BCUT2D eigenvalue weighted by molar-refractivity contribution is -0.128. The average Bonchev–Trinajstić information content (AvgIpc) is 3.18. The van der Waals surface area contributed by atoms with Gasteiger partial charge in [0.25, 0.3) is 0 Å². The maximum absolute atomic E-state index is 12.3. The second kappa shape index (κ2) is 6.60. The van der Waals surface area contributed by atoms with E-state index in [1.807, 2.05) is 31.2 Å². The third-order valence-electron chi connectivity index (χ3n) is 4.00. The van der Waals surface area contributed by atoms with E-state index in [1.165, 1.54) is 6.33 Å². The van der Waals surface area contributed by atoms with Crippen molar-refractivity contribution in [3.63, 3.8) is 0 Å². The summed E-state index contributed by atoms with van der Waals surface area (Å²) in [6.45, 7) is 3.72. The van der Waals surface area contributed by atoms with Crippen LogP contribution in [-0.4, -0.2) is 44.6 Å². The molecule has 120 valence electrons. The van der Waals surface area contributed by atoms with Gasteiger partial charge in [0.2, 0.25) is 11.8 Å². The van der Waals surface area contributed by atoms with Crippen molar-refractivity contribution in [2.75, 3.05) is 18.4 Å². The van der Waals surface area contributed by atoms with Gasteiger partial charge in [-0.05, 0) is 24.6 Å². The van der Waals surface area contributed by atoms with Gasteiger partial charge in [-0.3, -0.25) is 9.59 Å². The molecule has 1 aliphatic rings. The number of amides is 2. The SMILES string of the molecule is CCN1C[C@H](C(=O)Nc2ccc(Cn3cncn3)cc2)CC1=O. The van der Waals surface area contributed by atoms with E-state index in [2.05, 4.69) is 15.4 Å². The molecule has 1 atom stereocenters. The minimum absolute atomic E-state index is 0.0517. The van der Waals surface area contributed by atoms with Crippen molar-refractivity contribution in [2.45, 2.75) is 19.9 Å². The Labute approximate surface area is 134 Å². The van der Waals surface area contributed by atoms with E-state index >= 15 is 0 Å². The largest absolute Gasteiger partial charge is 0.342 e. The van der Waals surface area contributed by atoms with Gasteiger partial charge >= 0.3 is 0 Å². The van der Waals surface area contributed by atoms with Crippen LogP contribution in [0, 0.1) is 5.92 Å². The summed E-state index contributed by atoms with van der Waals surface area (Å²) in [6, 6.07) is 7.60. The van der Waals surface area contributed by atoms with E-state index in [4.69, 9.17) is 0 Å². The molecule has 2 amide bonds. The number of hydrogen-bond donors (Lipinski definition) is 1. The van der Waals surface area contributed by atoms with Crippen LogP contribution >= 0.6 is 0 Å². The monoisotopic (exact) mass is 313 g/mol. The minimum atomic E-state index is -0.266. The molecule has 2 heterocycles. The van der Waals surface area contributed by atoms with Crippen molar-refractivity contribution in [3.8, 4) is 0 Å². The third-order valence-corrected chi connectivity index (χ3v) is 4.00. The van der Waals surface area contributed by atoms with Gasteiger partial charge in [-0.2, -0.15) is 5.10 Å². The average molecular weight is 313 g/mol. The molecular weight excluding hydrogens is 294 g/mol. The van der Waals surface area contributed by atoms with Crippen molar-refractivity contribution < 1.29 is 9.59 Å². The molecule has 0 radical (unpaired) electrons. The highest BCUT2D eigenvalue weighted by Crippen LogP contribution is 2.20. The van der Waals surface area contributed by atoms with Crippen LogP contribution in [0.25, 0.3) is 0 Å². The Hall–Kier alpha value is -2.70. The summed E-state index contributed by atoms with van der Waals surface area (Å²) in [5.74, 6) is -0.313. The Morgan fingerprint density at radius 1 is 1.35 bits per heavy atom. The number of anilines is 1. The van der Waals surface area contributed by atoms with Crippen molar-refractivity contribution in [3.05, 3.63) is 42.5 Å². The summed E-state index contributed by atoms with van der Waals surface area (Å²) in [4.78, 5) is 29.6. The number of likely N-dealkylation sites (tertiary alicyclic amines) is 1. The molecule has 0 unspecified atom stereocenters. The molecular formula is C16H19N5O2. The Kier molecular flexibility index (Phi) is 4.36. The molecule has 3 rings (SSSR count). The normalized spacial score (nSPS) is 17.5. The number of aromatic nitrogens is 3. The molecule has 1 aromatic carbocycles. The number of carbonyl (C=O) groups excluding carboxylic acids is 2. The molecule has 2 aromatic rings. The zero-order valence-electron chi connectivity index (χ0n) is 13.0. The van der Waals surface area contributed by atoms with Crippen molar-refractivity contribution >= 4 is 17.5 Å². The Balaban J connectivity index is 1.58. The molecule has 1 aromatic heterocycles. The maximum atomic E-state index is 12.3. The molecule has 1 aliphatic heterocycles. The predicted octanol–water partition coefficient (Wildman–Crippen LogP) is 1.13. The van der Waals surface area contributed by atoms with Crippen molar-refractivity contribution in [1.82, 2.24) is 19.7 Å². The summed E-state index contributed by atoms with van der Waals surface area (Å²) >= 11 is 0. The quantitative estimate of drug-likeness (QED) is 0.897. The second-order valence-corrected chi connectivity index (χ2v) is 5.61. The number of rotatable bonds is 5. The van der Waals surface area contributed by atoms with Gasteiger partial charge in [0.05, 0.1) is 12.5 Å². The highest BCUT2D eigenvalue weighted by atomic mass is 16.2. The first-order chi connectivity index (χ1) is 11.2. The van der Waals surface area contributed by atoms with Gasteiger partial charge in [-0.1, -0.05) is 12.1 Å². The molecule has 1 fully saturated rings. The fourth-order valence-electron chi connectivity index (χ4n) is 2.69. The van der Waals surface area contributed by atoms with E-state index < -0.39 is 0 Å². The van der Waals surface area contributed by atoms with Crippen LogP contribution in [0.3, 0.4) is 0 Å². The summed E-state index contributed by atoms with van der Waals surface area (Å²) in [6.07, 6.45) is 3.45. The summed E-state index contributed by atoms with van der Waals surface area (Å²) in [5, 5.41) is 6.94. The van der Waals surface area contributed by atoms with Crippen LogP contribution in [0.1, 0.15) is 18.9 Å². The van der Waals surface area contributed by atoms with Crippen LogP contribution in [0.4, 0.5) is 5.69 Å². The van der Waals surface area contributed by atoms with Gasteiger partial charge < -0.3 is 10.2 Å². The first-order valence-corrected chi connectivity index (χ1v) is 7.65. The highest BCUT2D eigenvalue weighted by Gasteiger charge is 2.33. The Morgan fingerprint density at radius 3 is 2.74 bits per heavy atom. The molecule has 23 heavy (non-hydrogen) atoms. The van der Waals surface area contributed by atoms with Gasteiger partial charge in [0.1, 0.15) is 12.7 Å². The smallest absolute Gasteiger partial charge is 0.229 e. The van der Waals surface area contributed by atoms with Crippen LogP contribution in [0.15, 0.2) is 36.9 Å². The van der Waals surface area contributed by atoms with E-state index in [1.54, 1.807) is 15.9 Å². The lowest BCUT2D eigenvalue weighted by Crippen LogP contribution is -2.28. The van der Waals surface area contributed by atoms with Crippen LogP contribution in [0.2, 0.25) is 0 Å². The zero-order valence-corrected chi connectivity index (χ0v) is 13.0. The number of benzene rings is 1. The Morgan fingerprint density at radius 2 is 2.13 bits per heavy atom. The van der Waals surface area contributed by atoms with Crippen LogP contribution in [0.5, 0.6) is 0 Å². The van der Waals surface area contributed by atoms with Crippen LogP contribution < -0.4 is 5.32 Å². The van der Waals surface area contributed by atoms with E-state index in [9.17, 15) is 9.59 Å². The van der Waals surface area contributed by atoms with Crippen molar-refractivity contribution in [1.29, 1.82) is 0 Å². The number of nitrogens with zero attached hydrogens (tertiary/aromatic N) is 4. The van der Waals surface area contributed by atoms with E-state index in [0.717, 1.165) is 11.3 Å². The molecule has 0 aliphatic carbocycles. The molecule has 0 saturated carbocycles. The summed E-state index contributed by atoms with van der Waals surface area (Å²) < 4.78 is 1.73. The predicted molar refractivity (Wildman–Crippen MR) is 84.6 cm³/mol. The molecule has 0 spiro atoms. The summed E-state index contributed by atoms with van der Waals surface area (Å²) in [5.41, 5.74) is 1.81. The molecule has 1 saturated heterocycles. The lowest BCUT2D eigenvalue weighted by Gasteiger charge is -2.13. The standard InChI is InChI=1S/C16H19N5O2/c1-2-20-9-13(7-15(20)22)16(23)19-14-5-3-12(4-6-14)8-21-11-17-10-18-21/h3-6,10-11,13H,2,7-9H2,1H3,(H,19,23)/t13-/m1/s1. The number of carbonyl (C=O) groups is 2. The van der Waals surface area contributed by atoms with Crippen LogP contribution in [-0.2, 0) is 16.1 Å². The molecule has 0 bridgehead atoms. The van der Waals surface area contributed by atoms with Gasteiger partial charge in [0.15, 0.2) is 0 Å². The van der Waals surface area contributed by atoms with Gasteiger partial charge in [0, 0.05) is 25.2 Å². The maximum Gasteiger partial charge on any atom is 0.229 e. The fourth-order valence-corrected chi connectivity index (χ4v) is 2.69. The molecule has 7 heteroatoms. The first-order valence-electron chi connectivity index (χ1n) is 7.65. The topological polar surface area (TPSA) is 80.1 Å². The molecule has 7 nitrogen and oxygen atoms in total. The molecule has 1 N–H and O–H groups in total. The Bertz CT molecular complexity index is 681. The number of nitrogens with one attached hydrogen (secondary N) is 1. The fraction of sp³-hybridized carbons (Fsp3) is 0.375. The summed E-state index contributed by atoms with van der Waals surface area (Å²) in [7, 11) is 0. The van der Waals surface area contributed by atoms with Gasteiger partial charge in [-0.25, -0.2) is 9.67 Å².